The van der Waals surface area contributed by atoms with Crippen LogP contribution in [0.2, 0.25) is 0 Å². The summed E-state index contributed by atoms with van der Waals surface area (Å²) in [5.74, 6) is 0.350. The molecule has 1 aliphatic rings. The van der Waals surface area contributed by atoms with E-state index in [0.717, 1.165) is 13.0 Å². The molecule has 1 aromatic carbocycles. The summed E-state index contributed by atoms with van der Waals surface area (Å²) in [6.07, 6.45) is 3.69. The summed E-state index contributed by atoms with van der Waals surface area (Å²) < 4.78 is 0. The number of nitrogens with zero attached hydrogens (tertiary/aromatic N) is 2. The smallest absolute Gasteiger partial charge is 0.115 e. The van der Waals surface area contributed by atoms with E-state index in [-0.39, 0.29) is 0 Å². The van der Waals surface area contributed by atoms with Gasteiger partial charge in [-0.1, -0.05) is 19.1 Å². The molecular weight excluding hydrogens is 236 g/mol. The number of hydrogen-bond donors (Lipinski definition) is 1. The third-order valence-electron chi connectivity index (χ3n) is 4.26. The molecule has 0 bridgehead atoms. The summed E-state index contributed by atoms with van der Waals surface area (Å²) in [7, 11) is 4.35. The van der Waals surface area contributed by atoms with Gasteiger partial charge in [-0.05, 0) is 57.6 Å². The van der Waals surface area contributed by atoms with Gasteiger partial charge in [0.05, 0.1) is 0 Å². The van der Waals surface area contributed by atoms with Crippen LogP contribution in [0.1, 0.15) is 37.8 Å². The Morgan fingerprint density at radius 2 is 2.00 bits per heavy atom. The van der Waals surface area contributed by atoms with Crippen molar-refractivity contribution >= 4 is 0 Å². The van der Waals surface area contributed by atoms with Crippen molar-refractivity contribution in [1.29, 1.82) is 0 Å². The summed E-state index contributed by atoms with van der Waals surface area (Å²) in [5, 5.41) is 9.42. The minimum absolute atomic E-state index is 0.350. The normalized spacial score (nSPS) is 22.6. The number of hydrogen-bond acceptors (Lipinski definition) is 3. The zero-order chi connectivity index (χ0) is 13.8. The van der Waals surface area contributed by atoms with Crippen LogP contribution in [0.15, 0.2) is 24.3 Å². The molecule has 0 saturated carbocycles. The molecule has 3 heteroatoms. The Morgan fingerprint density at radius 3 is 2.58 bits per heavy atom. The lowest BCUT2D eigenvalue weighted by molar-refractivity contribution is 0.0936. The van der Waals surface area contributed by atoms with Crippen molar-refractivity contribution in [2.45, 2.75) is 38.3 Å². The highest BCUT2D eigenvalue weighted by atomic mass is 16.3. The summed E-state index contributed by atoms with van der Waals surface area (Å²) >= 11 is 0. The molecule has 2 rings (SSSR count). The SMILES string of the molecule is CCC(c1ccc(O)cc1)N1CCCC(N(C)C)C1. The van der Waals surface area contributed by atoms with Crippen molar-refractivity contribution in [1.82, 2.24) is 9.80 Å². The highest BCUT2D eigenvalue weighted by Gasteiger charge is 2.26. The first kappa shape index (κ1) is 14.4. The van der Waals surface area contributed by atoms with Crippen LogP contribution < -0.4 is 0 Å². The molecule has 2 atom stereocenters. The third kappa shape index (κ3) is 3.48. The first-order chi connectivity index (χ1) is 9.11. The Kier molecular flexibility index (Phi) is 4.83. The number of phenols is 1. The Morgan fingerprint density at radius 1 is 1.32 bits per heavy atom. The molecule has 106 valence electrons. The average molecular weight is 262 g/mol. The second-order valence-electron chi connectivity index (χ2n) is 5.77. The monoisotopic (exact) mass is 262 g/mol. The Labute approximate surface area is 116 Å². The quantitative estimate of drug-likeness (QED) is 0.904. The summed E-state index contributed by atoms with van der Waals surface area (Å²) in [6, 6.07) is 8.85. The van der Waals surface area contributed by atoms with Gasteiger partial charge in [-0.3, -0.25) is 4.90 Å². The van der Waals surface area contributed by atoms with Gasteiger partial charge in [0.1, 0.15) is 5.75 Å². The molecule has 3 nitrogen and oxygen atoms in total. The van der Waals surface area contributed by atoms with Gasteiger partial charge in [0.2, 0.25) is 0 Å². The van der Waals surface area contributed by atoms with Crippen LogP contribution in [-0.2, 0) is 0 Å². The van der Waals surface area contributed by atoms with E-state index in [4.69, 9.17) is 0 Å². The third-order valence-corrected chi connectivity index (χ3v) is 4.26. The van der Waals surface area contributed by atoms with Gasteiger partial charge in [-0.15, -0.1) is 0 Å². The molecule has 0 radical (unpaired) electrons. The van der Waals surface area contributed by atoms with Crippen LogP contribution in [0.4, 0.5) is 0 Å². The van der Waals surface area contributed by atoms with Gasteiger partial charge >= 0.3 is 0 Å². The molecule has 1 N–H and O–H groups in total. The second-order valence-corrected chi connectivity index (χ2v) is 5.77. The van der Waals surface area contributed by atoms with Crippen LogP contribution in [0.5, 0.6) is 5.75 Å². The summed E-state index contributed by atoms with van der Waals surface area (Å²) in [6.45, 7) is 4.58. The molecule has 1 saturated heterocycles. The largest absolute Gasteiger partial charge is 0.508 e. The van der Waals surface area contributed by atoms with Crippen LogP contribution in [0, 0.1) is 0 Å². The number of phenolic OH excluding ortho intramolecular Hbond substituents is 1. The van der Waals surface area contributed by atoms with Gasteiger partial charge < -0.3 is 10.0 Å². The molecule has 1 aromatic rings. The Balaban J connectivity index is 2.10. The van der Waals surface area contributed by atoms with Crippen molar-refractivity contribution in [3.63, 3.8) is 0 Å². The van der Waals surface area contributed by atoms with E-state index < -0.39 is 0 Å². The van der Waals surface area contributed by atoms with E-state index in [2.05, 4.69) is 43.0 Å². The molecule has 0 spiro atoms. The molecule has 19 heavy (non-hydrogen) atoms. The van der Waals surface area contributed by atoms with E-state index in [1.807, 2.05) is 0 Å². The minimum atomic E-state index is 0.350. The van der Waals surface area contributed by atoms with Gasteiger partial charge in [0.15, 0.2) is 0 Å². The van der Waals surface area contributed by atoms with Crippen LogP contribution in [0.25, 0.3) is 0 Å². The number of aromatic hydroxyl groups is 1. The van der Waals surface area contributed by atoms with Crippen molar-refractivity contribution < 1.29 is 5.11 Å². The summed E-state index contributed by atoms with van der Waals surface area (Å²) in [5.41, 5.74) is 1.32. The number of likely N-dealkylation sites (N-methyl/N-ethyl adjacent to an activating group) is 1. The molecule has 1 fully saturated rings. The van der Waals surface area contributed by atoms with Crippen LogP contribution >= 0.6 is 0 Å². The minimum Gasteiger partial charge on any atom is -0.508 e. The molecule has 2 unspecified atom stereocenters. The van der Waals surface area contributed by atoms with Crippen molar-refractivity contribution in [2.24, 2.45) is 0 Å². The average Bonchev–Trinajstić information content (AvgIpc) is 2.42. The maximum absolute atomic E-state index is 9.42. The first-order valence-electron chi connectivity index (χ1n) is 7.31. The maximum atomic E-state index is 9.42. The highest BCUT2D eigenvalue weighted by molar-refractivity contribution is 5.28. The fourth-order valence-corrected chi connectivity index (χ4v) is 3.09. The summed E-state index contributed by atoms with van der Waals surface area (Å²) in [4.78, 5) is 4.94. The predicted octanol–water partition coefficient (Wildman–Crippen LogP) is 2.87. The van der Waals surface area contributed by atoms with Gasteiger partial charge in [-0.25, -0.2) is 0 Å². The zero-order valence-electron chi connectivity index (χ0n) is 12.3. The lowest BCUT2D eigenvalue weighted by Gasteiger charge is -2.40. The predicted molar refractivity (Wildman–Crippen MR) is 79.4 cm³/mol. The van der Waals surface area contributed by atoms with Gasteiger partial charge in [0.25, 0.3) is 0 Å². The molecule has 0 aromatic heterocycles. The van der Waals surface area contributed by atoms with Crippen LogP contribution in [0.3, 0.4) is 0 Å². The van der Waals surface area contributed by atoms with Crippen molar-refractivity contribution in [2.75, 3.05) is 27.2 Å². The van der Waals surface area contributed by atoms with E-state index in [0.29, 0.717) is 17.8 Å². The molecule has 0 aliphatic carbocycles. The highest BCUT2D eigenvalue weighted by Crippen LogP contribution is 2.29. The lowest BCUT2D eigenvalue weighted by Crippen LogP contribution is -2.46. The number of benzene rings is 1. The van der Waals surface area contributed by atoms with E-state index in [1.54, 1.807) is 12.1 Å². The zero-order valence-corrected chi connectivity index (χ0v) is 12.3. The van der Waals surface area contributed by atoms with Gasteiger partial charge in [-0.2, -0.15) is 0 Å². The molecular formula is C16H26N2O. The van der Waals surface area contributed by atoms with E-state index in [9.17, 15) is 5.11 Å². The van der Waals surface area contributed by atoms with Crippen molar-refractivity contribution in [3.8, 4) is 5.75 Å². The number of rotatable bonds is 4. The molecule has 0 amide bonds. The first-order valence-corrected chi connectivity index (χ1v) is 7.31. The number of likely N-dealkylation sites (tertiary alicyclic amines) is 1. The molecule has 1 heterocycles. The van der Waals surface area contributed by atoms with Crippen LogP contribution in [-0.4, -0.2) is 48.1 Å². The fraction of sp³-hybridized carbons (Fsp3) is 0.625. The maximum Gasteiger partial charge on any atom is 0.115 e. The topological polar surface area (TPSA) is 26.7 Å². The van der Waals surface area contributed by atoms with E-state index >= 15 is 0 Å². The Hall–Kier alpha value is -1.06. The Bertz CT molecular complexity index is 388. The molecule has 1 aliphatic heterocycles. The van der Waals surface area contributed by atoms with E-state index in [1.165, 1.54) is 24.9 Å². The van der Waals surface area contributed by atoms with Crippen molar-refractivity contribution in [3.05, 3.63) is 29.8 Å². The number of piperidine rings is 1. The second kappa shape index (κ2) is 6.40. The lowest BCUT2D eigenvalue weighted by atomic mass is 9.97. The fourth-order valence-electron chi connectivity index (χ4n) is 3.09. The van der Waals surface area contributed by atoms with Gasteiger partial charge in [0, 0.05) is 18.6 Å². The standard InChI is InChI=1S/C16H26N2O/c1-4-16(13-7-9-15(19)10-8-13)18-11-5-6-14(12-18)17(2)3/h7-10,14,16,19H,4-6,11-12H2,1-3H3.